The first-order valence-corrected chi connectivity index (χ1v) is 8.06. The normalized spacial score (nSPS) is 22.0. The zero-order valence-electron chi connectivity index (χ0n) is 13.2. The van der Waals surface area contributed by atoms with Gasteiger partial charge in [-0.25, -0.2) is 4.79 Å². The first-order chi connectivity index (χ1) is 11.1. The second-order valence-electron chi connectivity index (χ2n) is 6.31. The average Bonchev–Trinajstić information content (AvgIpc) is 2.57. The molecule has 0 radical (unpaired) electrons. The Kier molecular flexibility index (Phi) is 4.37. The van der Waals surface area contributed by atoms with E-state index in [9.17, 15) is 9.59 Å². The van der Waals surface area contributed by atoms with Gasteiger partial charge in [0.1, 0.15) is 0 Å². The molecular formula is C18H20N2O3. The Morgan fingerprint density at radius 2 is 2.13 bits per heavy atom. The van der Waals surface area contributed by atoms with Gasteiger partial charge >= 0.3 is 5.97 Å². The number of carbonyl (C=O) groups is 2. The molecule has 0 fully saturated rings. The van der Waals surface area contributed by atoms with E-state index in [0.29, 0.717) is 5.56 Å². The minimum Gasteiger partial charge on any atom is -0.478 e. The average molecular weight is 312 g/mol. The van der Waals surface area contributed by atoms with Crippen molar-refractivity contribution in [3.63, 3.8) is 0 Å². The number of carbonyl (C=O) groups excluding carboxylic acids is 1. The van der Waals surface area contributed by atoms with E-state index in [2.05, 4.69) is 17.2 Å². The molecule has 1 N–H and O–H groups in total. The number of benzene rings is 1. The molecule has 5 nitrogen and oxygen atoms in total. The third-order valence-electron chi connectivity index (χ3n) is 4.74. The molecule has 120 valence electrons. The standard InChI is InChI=1S/C18H20N2O3/c1-11(12-5-4-6-13(10-12)18(22)23)9-16-14-7-2-3-8-15(14)17(21)20-19-16/h4-6,10-11,16H,2-3,7-9H2,1H3,(H,22,23). The van der Waals surface area contributed by atoms with Crippen LogP contribution in [0, 0.1) is 0 Å². The van der Waals surface area contributed by atoms with E-state index in [-0.39, 0.29) is 17.9 Å². The molecule has 0 aromatic heterocycles. The second kappa shape index (κ2) is 6.44. The highest BCUT2D eigenvalue weighted by Gasteiger charge is 2.30. The van der Waals surface area contributed by atoms with Crippen molar-refractivity contribution >= 4 is 11.9 Å². The summed E-state index contributed by atoms with van der Waals surface area (Å²) in [6.07, 6.45) is 4.63. The van der Waals surface area contributed by atoms with Gasteiger partial charge in [-0.1, -0.05) is 19.1 Å². The minimum atomic E-state index is -0.917. The van der Waals surface area contributed by atoms with Gasteiger partial charge in [-0.05, 0) is 61.3 Å². The van der Waals surface area contributed by atoms with Crippen LogP contribution in [-0.2, 0) is 4.79 Å². The predicted octanol–water partition coefficient (Wildman–Crippen LogP) is 4.11. The Morgan fingerprint density at radius 3 is 2.91 bits per heavy atom. The smallest absolute Gasteiger partial charge is 0.335 e. The molecule has 0 bridgehead atoms. The lowest BCUT2D eigenvalue weighted by molar-refractivity contribution is -0.115. The van der Waals surface area contributed by atoms with Crippen LogP contribution in [0.4, 0.5) is 0 Å². The zero-order valence-corrected chi connectivity index (χ0v) is 13.2. The van der Waals surface area contributed by atoms with Crippen LogP contribution in [0.5, 0.6) is 0 Å². The van der Waals surface area contributed by atoms with Gasteiger partial charge in [-0.15, -0.1) is 5.11 Å². The van der Waals surface area contributed by atoms with Crippen LogP contribution in [-0.4, -0.2) is 23.0 Å². The Morgan fingerprint density at radius 1 is 1.35 bits per heavy atom. The van der Waals surface area contributed by atoms with Crippen molar-refractivity contribution in [2.45, 2.75) is 51.0 Å². The maximum atomic E-state index is 11.9. The molecule has 1 aliphatic heterocycles. The van der Waals surface area contributed by atoms with Gasteiger partial charge in [0.15, 0.2) is 0 Å². The number of hydrogen-bond acceptors (Lipinski definition) is 3. The summed E-state index contributed by atoms with van der Waals surface area (Å²) >= 11 is 0. The summed E-state index contributed by atoms with van der Waals surface area (Å²) < 4.78 is 0. The van der Waals surface area contributed by atoms with Crippen molar-refractivity contribution < 1.29 is 14.7 Å². The van der Waals surface area contributed by atoms with Crippen LogP contribution in [0.2, 0.25) is 0 Å². The maximum absolute atomic E-state index is 11.9. The molecule has 2 aliphatic rings. The Bertz CT molecular complexity index is 706. The van der Waals surface area contributed by atoms with Crippen LogP contribution in [0.15, 0.2) is 45.6 Å². The Balaban J connectivity index is 1.80. The van der Waals surface area contributed by atoms with Crippen molar-refractivity contribution in [3.05, 3.63) is 46.5 Å². The predicted molar refractivity (Wildman–Crippen MR) is 85.6 cm³/mol. The SMILES string of the molecule is CC(CC1N=NC(=O)C2=C1CCCC2)c1cccc(C(=O)O)c1. The largest absolute Gasteiger partial charge is 0.478 e. The van der Waals surface area contributed by atoms with Gasteiger partial charge in [-0.2, -0.15) is 5.11 Å². The van der Waals surface area contributed by atoms with E-state index in [1.807, 2.05) is 6.07 Å². The summed E-state index contributed by atoms with van der Waals surface area (Å²) in [4.78, 5) is 23.0. The number of hydrogen-bond donors (Lipinski definition) is 1. The van der Waals surface area contributed by atoms with Gasteiger partial charge in [0.25, 0.3) is 5.91 Å². The van der Waals surface area contributed by atoms with Crippen LogP contribution < -0.4 is 0 Å². The first-order valence-electron chi connectivity index (χ1n) is 8.06. The summed E-state index contributed by atoms with van der Waals surface area (Å²) in [6, 6.07) is 6.98. The monoisotopic (exact) mass is 312 g/mol. The number of carboxylic acids is 1. The summed E-state index contributed by atoms with van der Waals surface area (Å²) in [6.45, 7) is 2.07. The molecule has 2 atom stereocenters. The van der Waals surface area contributed by atoms with Crippen molar-refractivity contribution in [3.8, 4) is 0 Å². The lowest BCUT2D eigenvalue weighted by Crippen LogP contribution is -2.22. The van der Waals surface area contributed by atoms with Crippen LogP contribution in [0.25, 0.3) is 0 Å². The number of amides is 1. The molecule has 23 heavy (non-hydrogen) atoms. The highest BCUT2D eigenvalue weighted by atomic mass is 16.4. The van der Waals surface area contributed by atoms with Gasteiger partial charge in [0.2, 0.25) is 0 Å². The second-order valence-corrected chi connectivity index (χ2v) is 6.31. The number of rotatable bonds is 4. The fourth-order valence-electron chi connectivity index (χ4n) is 3.43. The molecule has 1 amide bonds. The summed E-state index contributed by atoms with van der Waals surface area (Å²) in [5.74, 6) is -0.933. The molecule has 1 aromatic rings. The van der Waals surface area contributed by atoms with E-state index in [4.69, 9.17) is 5.11 Å². The summed E-state index contributed by atoms with van der Waals surface area (Å²) in [5, 5.41) is 17.2. The number of nitrogens with zero attached hydrogens (tertiary/aromatic N) is 2. The number of azo groups is 1. The summed E-state index contributed by atoms with van der Waals surface area (Å²) in [5.41, 5.74) is 3.29. The molecule has 5 heteroatoms. The molecule has 2 unspecified atom stereocenters. The molecule has 0 spiro atoms. The van der Waals surface area contributed by atoms with E-state index in [0.717, 1.165) is 48.8 Å². The fourth-order valence-corrected chi connectivity index (χ4v) is 3.43. The van der Waals surface area contributed by atoms with E-state index >= 15 is 0 Å². The van der Waals surface area contributed by atoms with Crippen molar-refractivity contribution in [1.29, 1.82) is 0 Å². The third-order valence-corrected chi connectivity index (χ3v) is 4.74. The van der Waals surface area contributed by atoms with Gasteiger partial charge in [0.05, 0.1) is 11.6 Å². The molecule has 1 aromatic carbocycles. The molecule has 3 rings (SSSR count). The van der Waals surface area contributed by atoms with Crippen LogP contribution >= 0.6 is 0 Å². The first kappa shape index (κ1) is 15.6. The highest BCUT2D eigenvalue weighted by Crippen LogP contribution is 2.36. The van der Waals surface area contributed by atoms with Gasteiger partial charge in [0, 0.05) is 5.57 Å². The maximum Gasteiger partial charge on any atom is 0.335 e. The van der Waals surface area contributed by atoms with Crippen LogP contribution in [0.1, 0.15) is 60.9 Å². The van der Waals surface area contributed by atoms with Crippen molar-refractivity contribution in [2.24, 2.45) is 10.2 Å². The lowest BCUT2D eigenvalue weighted by atomic mass is 9.82. The minimum absolute atomic E-state index is 0.0496. The molecular weight excluding hydrogens is 292 g/mol. The lowest BCUT2D eigenvalue weighted by Gasteiger charge is -2.27. The van der Waals surface area contributed by atoms with E-state index in [1.54, 1.807) is 18.2 Å². The Labute approximate surface area is 135 Å². The van der Waals surface area contributed by atoms with Crippen molar-refractivity contribution in [2.75, 3.05) is 0 Å². The highest BCUT2D eigenvalue weighted by molar-refractivity contribution is 5.95. The van der Waals surface area contributed by atoms with Gasteiger partial charge < -0.3 is 5.11 Å². The molecule has 1 aliphatic carbocycles. The van der Waals surface area contributed by atoms with Crippen molar-refractivity contribution in [1.82, 2.24) is 0 Å². The number of carboxylic acid groups (broad SMARTS) is 1. The topological polar surface area (TPSA) is 79.1 Å². The third kappa shape index (κ3) is 3.23. The fraction of sp³-hybridized carbons (Fsp3) is 0.444. The van der Waals surface area contributed by atoms with Crippen LogP contribution in [0.3, 0.4) is 0 Å². The zero-order chi connectivity index (χ0) is 16.4. The summed E-state index contributed by atoms with van der Waals surface area (Å²) in [7, 11) is 0. The van der Waals surface area contributed by atoms with E-state index in [1.165, 1.54) is 0 Å². The van der Waals surface area contributed by atoms with E-state index < -0.39 is 5.97 Å². The molecule has 0 saturated heterocycles. The quantitative estimate of drug-likeness (QED) is 0.908. The Hall–Kier alpha value is -2.30. The molecule has 0 saturated carbocycles. The molecule has 1 heterocycles. The van der Waals surface area contributed by atoms with Gasteiger partial charge in [-0.3, -0.25) is 4.79 Å². The number of aromatic carboxylic acids is 1.